The highest BCUT2D eigenvalue weighted by atomic mass is 32.1. The fourth-order valence-electron chi connectivity index (χ4n) is 4.11. The average Bonchev–Trinajstić information content (AvgIpc) is 2.93. The number of benzene rings is 3. The number of thiol groups is 1. The van der Waals surface area contributed by atoms with Gasteiger partial charge in [-0.15, -0.1) is 0 Å². The third-order valence-corrected chi connectivity index (χ3v) is 6.02. The van der Waals surface area contributed by atoms with Crippen LogP contribution in [-0.4, -0.2) is 44.6 Å². The number of rotatable bonds is 9. The lowest BCUT2D eigenvalue weighted by atomic mass is 9.87. The molecule has 0 bridgehead atoms. The van der Waals surface area contributed by atoms with E-state index in [0.29, 0.717) is 47.4 Å². The minimum atomic E-state index is 0.211. The Kier molecular flexibility index (Phi) is 8.30. The molecular formula is C29H29N3O4S. The molecule has 0 spiro atoms. The van der Waals surface area contributed by atoms with Crippen molar-refractivity contribution < 1.29 is 18.9 Å². The van der Waals surface area contributed by atoms with Crippen LogP contribution >= 0.6 is 12.8 Å². The number of methoxy groups -OCH3 is 2. The van der Waals surface area contributed by atoms with E-state index in [1.54, 1.807) is 14.2 Å². The lowest BCUT2D eigenvalue weighted by Gasteiger charge is -2.23. The van der Waals surface area contributed by atoms with Crippen LogP contribution in [0.15, 0.2) is 76.1 Å². The van der Waals surface area contributed by atoms with Crippen molar-refractivity contribution in [3.63, 3.8) is 0 Å². The van der Waals surface area contributed by atoms with E-state index in [2.05, 4.69) is 17.2 Å². The molecule has 3 aromatic carbocycles. The molecule has 0 atom stereocenters. The van der Waals surface area contributed by atoms with Gasteiger partial charge in [0, 0.05) is 16.7 Å². The van der Waals surface area contributed by atoms with Gasteiger partial charge >= 0.3 is 0 Å². The van der Waals surface area contributed by atoms with Crippen molar-refractivity contribution in [3.8, 4) is 23.0 Å². The van der Waals surface area contributed by atoms with Gasteiger partial charge in [0.15, 0.2) is 11.5 Å². The van der Waals surface area contributed by atoms with Crippen LogP contribution in [-0.2, 0) is 0 Å². The van der Waals surface area contributed by atoms with E-state index in [9.17, 15) is 5.41 Å². The molecule has 1 heterocycles. The predicted molar refractivity (Wildman–Crippen MR) is 152 cm³/mol. The summed E-state index contributed by atoms with van der Waals surface area (Å²) in [4.78, 5) is 5.06. The number of ether oxygens (including phenoxy) is 4. The molecule has 0 unspecified atom stereocenters. The molecule has 37 heavy (non-hydrogen) atoms. The molecule has 4 rings (SSSR count). The molecule has 1 aliphatic heterocycles. The van der Waals surface area contributed by atoms with Gasteiger partial charge in [-0.25, -0.2) is 9.39 Å². The van der Waals surface area contributed by atoms with Crippen LogP contribution in [0, 0.1) is 5.41 Å². The largest absolute Gasteiger partial charge is 0.494 e. The normalized spacial score (nSPS) is 14.5. The first-order chi connectivity index (χ1) is 18.0. The van der Waals surface area contributed by atoms with Crippen LogP contribution in [0.25, 0.3) is 11.3 Å². The zero-order valence-corrected chi connectivity index (χ0v) is 22.1. The fourth-order valence-corrected chi connectivity index (χ4v) is 4.30. The summed E-state index contributed by atoms with van der Waals surface area (Å²) in [5.41, 5.74) is 4.74. The van der Waals surface area contributed by atoms with Gasteiger partial charge < -0.3 is 18.9 Å². The Hall–Kier alpha value is -4.04. The summed E-state index contributed by atoms with van der Waals surface area (Å²) >= 11 is 4.22. The smallest absolute Gasteiger partial charge is 0.161 e. The maximum atomic E-state index is 9.19. The summed E-state index contributed by atoms with van der Waals surface area (Å²) in [6.07, 6.45) is 0. The van der Waals surface area contributed by atoms with Gasteiger partial charge in [-0.05, 0) is 86.8 Å². The molecule has 7 nitrogen and oxygen atoms in total. The SMILES string of the molecule is CCOc1ccc(C2=NC(c3ccc(OC)c(OC)c3)=C(c3ccc(OCC)cc3)C(=N)/C2=N\S)cc1. The number of aliphatic imine (C=N–C) groups is 1. The second kappa shape index (κ2) is 11.8. The lowest BCUT2D eigenvalue weighted by Crippen LogP contribution is -2.29. The standard InChI is InChI=1S/C29H29N3O4S/c1-5-35-21-12-7-18(8-13-21)25-26(30)29(32-37)28(19-9-14-22(15-10-19)36-6-2)31-27(25)20-11-16-23(33-3)24(17-20)34-4/h7-17,30,37H,5-6H2,1-4H3/b30-26?,32-29+. The van der Waals surface area contributed by atoms with Gasteiger partial charge in [0.1, 0.15) is 17.2 Å². The first-order valence-electron chi connectivity index (χ1n) is 11.9. The van der Waals surface area contributed by atoms with Crippen LogP contribution in [0.3, 0.4) is 0 Å². The number of nitrogens with zero attached hydrogens (tertiary/aromatic N) is 2. The molecule has 8 heteroatoms. The van der Waals surface area contributed by atoms with E-state index in [1.165, 1.54) is 0 Å². The second-order valence-electron chi connectivity index (χ2n) is 7.99. The number of hydrogen-bond acceptors (Lipinski definition) is 8. The van der Waals surface area contributed by atoms with Gasteiger partial charge in [-0.2, -0.15) is 0 Å². The van der Waals surface area contributed by atoms with E-state index in [0.717, 1.165) is 28.2 Å². The molecule has 190 valence electrons. The quantitative estimate of drug-likeness (QED) is 0.333. The molecule has 3 aromatic rings. The van der Waals surface area contributed by atoms with Crippen LogP contribution in [0.2, 0.25) is 0 Å². The minimum absolute atomic E-state index is 0.211. The Bertz CT molecular complexity index is 1380. The van der Waals surface area contributed by atoms with Crippen molar-refractivity contribution in [1.29, 1.82) is 5.41 Å². The summed E-state index contributed by atoms with van der Waals surface area (Å²) in [7, 11) is 3.18. The molecule has 0 aliphatic carbocycles. The molecule has 0 saturated carbocycles. The minimum Gasteiger partial charge on any atom is -0.494 e. The van der Waals surface area contributed by atoms with E-state index < -0.39 is 0 Å². The monoisotopic (exact) mass is 515 g/mol. The van der Waals surface area contributed by atoms with Crippen molar-refractivity contribution in [3.05, 3.63) is 83.4 Å². The predicted octanol–water partition coefficient (Wildman–Crippen LogP) is 6.18. The van der Waals surface area contributed by atoms with Gasteiger partial charge in [-0.1, -0.05) is 12.1 Å². The number of allylic oxidation sites excluding steroid dienone is 1. The molecule has 0 fully saturated rings. The molecule has 0 amide bonds. The summed E-state index contributed by atoms with van der Waals surface area (Å²) in [5.74, 6) is 2.68. The Balaban J connectivity index is 1.95. The molecule has 0 aromatic heterocycles. The highest BCUT2D eigenvalue weighted by Gasteiger charge is 2.30. The Morgan fingerprint density at radius 1 is 0.757 bits per heavy atom. The zero-order chi connectivity index (χ0) is 26.4. The van der Waals surface area contributed by atoms with Crippen molar-refractivity contribution >= 4 is 41.2 Å². The molecule has 1 N–H and O–H groups in total. The highest BCUT2D eigenvalue weighted by molar-refractivity contribution is 7.79. The van der Waals surface area contributed by atoms with Crippen LogP contribution in [0.4, 0.5) is 0 Å². The van der Waals surface area contributed by atoms with Gasteiger partial charge in [0.05, 0.1) is 44.6 Å². The highest BCUT2D eigenvalue weighted by Crippen LogP contribution is 2.38. The van der Waals surface area contributed by atoms with Gasteiger partial charge in [0.2, 0.25) is 0 Å². The van der Waals surface area contributed by atoms with Crippen molar-refractivity contribution in [2.45, 2.75) is 13.8 Å². The van der Waals surface area contributed by atoms with Gasteiger partial charge in [0.25, 0.3) is 0 Å². The van der Waals surface area contributed by atoms with E-state index in [1.807, 2.05) is 80.6 Å². The molecule has 0 saturated heterocycles. The first-order valence-corrected chi connectivity index (χ1v) is 12.3. The summed E-state index contributed by atoms with van der Waals surface area (Å²) in [6.45, 7) is 5.02. The van der Waals surface area contributed by atoms with Gasteiger partial charge in [-0.3, -0.25) is 5.41 Å². The first kappa shape index (κ1) is 26.0. The zero-order valence-electron chi connectivity index (χ0n) is 21.2. The van der Waals surface area contributed by atoms with E-state index in [4.69, 9.17) is 23.9 Å². The third-order valence-electron chi connectivity index (χ3n) is 5.82. The van der Waals surface area contributed by atoms with Crippen molar-refractivity contribution in [2.75, 3.05) is 27.4 Å². The fraction of sp³-hybridized carbons (Fsp3) is 0.207. The van der Waals surface area contributed by atoms with Crippen molar-refractivity contribution in [2.24, 2.45) is 9.39 Å². The summed E-state index contributed by atoms with van der Waals surface area (Å²) < 4.78 is 26.4. The molecule has 0 radical (unpaired) electrons. The third kappa shape index (κ3) is 5.39. The topological polar surface area (TPSA) is 85.5 Å². The van der Waals surface area contributed by atoms with E-state index >= 15 is 0 Å². The Morgan fingerprint density at radius 3 is 1.81 bits per heavy atom. The van der Waals surface area contributed by atoms with Crippen molar-refractivity contribution in [1.82, 2.24) is 0 Å². The van der Waals surface area contributed by atoms with Crippen LogP contribution in [0.5, 0.6) is 23.0 Å². The average molecular weight is 516 g/mol. The second-order valence-corrected chi connectivity index (χ2v) is 8.19. The number of hydrogen-bond donors (Lipinski definition) is 2. The Labute approximate surface area is 222 Å². The lowest BCUT2D eigenvalue weighted by molar-refractivity contribution is 0.340. The number of nitrogens with one attached hydrogen (secondary N) is 1. The summed E-state index contributed by atoms with van der Waals surface area (Å²) in [5, 5.41) is 9.19. The maximum absolute atomic E-state index is 9.19. The molecule has 1 aliphatic rings. The molecular weight excluding hydrogens is 486 g/mol. The maximum Gasteiger partial charge on any atom is 0.161 e. The van der Waals surface area contributed by atoms with E-state index in [-0.39, 0.29) is 5.71 Å². The Morgan fingerprint density at radius 2 is 1.30 bits per heavy atom. The van der Waals surface area contributed by atoms with Crippen LogP contribution in [0.1, 0.15) is 30.5 Å². The van der Waals surface area contributed by atoms with Crippen LogP contribution < -0.4 is 18.9 Å². The summed E-state index contributed by atoms with van der Waals surface area (Å²) in [6, 6.07) is 20.8.